The molecule has 0 spiro atoms. The van der Waals surface area contributed by atoms with Crippen LogP contribution in [-0.4, -0.2) is 39.3 Å². The monoisotopic (exact) mass is 314 g/mol. The minimum Gasteiger partial charge on any atom is -0.493 e. The van der Waals surface area contributed by atoms with Crippen molar-refractivity contribution in [2.75, 3.05) is 33.4 Å². The highest BCUT2D eigenvalue weighted by Gasteiger charge is 2.06. The number of ether oxygens (including phenoxy) is 2. The van der Waals surface area contributed by atoms with Crippen LogP contribution in [0.25, 0.3) is 0 Å². The zero-order chi connectivity index (χ0) is 15.5. The Morgan fingerprint density at radius 3 is 2.86 bits per heavy atom. The van der Waals surface area contributed by atoms with E-state index in [9.17, 15) is 4.79 Å². The molecule has 0 saturated heterocycles. The van der Waals surface area contributed by atoms with Crippen molar-refractivity contribution in [1.82, 2.24) is 10.6 Å². The van der Waals surface area contributed by atoms with E-state index in [2.05, 4.69) is 10.6 Å². The van der Waals surface area contributed by atoms with Crippen molar-refractivity contribution in [3.63, 3.8) is 0 Å². The van der Waals surface area contributed by atoms with Gasteiger partial charge in [0.05, 0.1) is 19.6 Å². The Morgan fingerprint density at radius 1 is 1.33 bits per heavy atom. The molecule has 0 aliphatic carbocycles. The lowest BCUT2D eigenvalue weighted by Crippen LogP contribution is -2.24. The largest absolute Gasteiger partial charge is 0.493 e. The van der Waals surface area contributed by atoms with Gasteiger partial charge in [0.15, 0.2) is 0 Å². The van der Waals surface area contributed by atoms with E-state index in [-0.39, 0.29) is 5.91 Å². The fourth-order valence-corrected chi connectivity index (χ4v) is 1.96. The summed E-state index contributed by atoms with van der Waals surface area (Å²) in [6, 6.07) is 5.47. The highest BCUT2D eigenvalue weighted by molar-refractivity contribution is 6.30. The second-order valence-electron chi connectivity index (χ2n) is 4.47. The molecule has 0 fully saturated rings. The zero-order valence-electron chi connectivity index (χ0n) is 12.6. The Bertz CT molecular complexity index is 441. The number of methoxy groups -OCH3 is 1. The maximum atomic E-state index is 11.4. The Kier molecular flexibility index (Phi) is 8.82. The molecule has 0 unspecified atom stereocenters. The molecule has 1 aromatic carbocycles. The lowest BCUT2D eigenvalue weighted by Gasteiger charge is -2.12. The van der Waals surface area contributed by atoms with Gasteiger partial charge in [0.25, 0.3) is 0 Å². The van der Waals surface area contributed by atoms with Gasteiger partial charge in [-0.2, -0.15) is 0 Å². The average Bonchev–Trinajstić information content (AvgIpc) is 2.46. The minimum atomic E-state index is -0.00812. The molecular weight excluding hydrogens is 292 g/mol. The third-order valence-electron chi connectivity index (χ3n) is 2.78. The molecule has 1 amide bonds. The topological polar surface area (TPSA) is 59.6 Å². The lowest BCUT2D eigenvalue weighted by atomic mass is 10.2. The Balaban J connectivity index is 2.49. The number of hydrogen-bond acceptors (Lipinski definition) is 4. The van der Waals surface area contributed by atoms with Crippen LogP contribution in [0.5, 0.6) is 5.75 Å². The van der Waals surface area contributed by atoms with Gasteiger partial charge in [0.2, 0.25) is 5.91 Å². The first-order valence-corrected chi connectivity index (χ1v) is 7.42. The predicted molar refractivity (Wildman–Crippen MR) is 83.8 cm³/mol. The number of halogens is 1. The first-order valence-electron chi connectivity index (χ1n) is 7.05. The standard InChI is InChI=1S/C15H23ClN2O3/c1-3-18-15(19)6-8-21-14-5-4-13(16)10-12(14)11-17-7-9-20-2/h4-5,10,17H,3,6-9,11H2,1-2H3,(H,18,19). The van der Waals surface area contributed by atoms with Crippen LogP contribution in [0.2, 0.25) is 5.02 Å². The number of nitrogens with one attached hydrogen (secondary N) is 2. The van der Waals surface area contributed by atoms with Gasteiger partial charge < -0.3 is 20.1 Å². The second-order valence-corrected chi connectivity index (χ2v) is 4.91. The number of carbonyl (C=O) groups excluding carboxylic acids is 1. The fraction of sp³-hybridized carbons (Fsp3) is 0.533. The minimum absolute atomic E-state index is 0.00812. The molecule has 5 nitrogen and oxygen atoms in total. The normalized spacial score (nSPS) is 10.4. The molecule has 0 heterocycles. The quantitative estimate of drug-likeness (QED) is 0.648. The SMILES string of the molecule is CCNC(=O)CCOc1ccc(Cl)cc1CNCCOC. The zero-order valence-corrected chi connectivity index (χ0v) is 13.3. The number of hydrogen-bond donors (Lipinski definition) is 2. The van der Waals surface area contributed by atoms with Crippen LogP contribution in [0.1, 0.15) is 18.9 Å². The van der Waals surface area contributed by atoms with Crippen molar-refractivity contribution in [3.8, 4) is 5.75 Å². The summed E-state index contributed by atoms with van der Waals surface area (Å²) in [5.41, 5.74) is 0.967. The van der Waals surface area contributed by atoms with Crippen molar-refractivity contribution >= 4 is 17.5 Å². The summed E-state index contributed by atoms with van der Waals surface area (Å²) < 4.78 is 10.7. The molecule has 2 N–H and O–H groups in total. The molecule has 6 heteroatoms. The third-order valence-corrected chi connectivity index (χ3v) is 3.02. The molecule has 0 atom stereocenters. The average molecular weight is 315 g/mol. The molecule has 1 aromatic rings. The summed E-state index contributed by atoms with van der Waals surface area (Å²) in [6.45, 7) is 4.91. The molecule has 0 aromatic heterocycles. The van der Waals surface area contributed by atoms with Crippen molar-refractivity contribution in [2.24, 2.45) is 0 Å². The number of benzene rings is 1. The maximum absolute atomic E-state index is 11.4. The first-order chi connectivity index (χ1) is 10.2. The van der Waals surface area contributed by atoms with E-state index in [0.29, 0.717) is 37.7 Å². The predicted octanol–water partition coefficient (Wildman–Crippen LogP) is 1.98. The molecular formula is C15H23ClN2O3. The van der Waals surface area contributed by atoms with E-state index in [0.717, 1.165) is 17.9 Å². The van der Waals surface area contributed by atoms with Gasteiger partial charge in [0.1, 0.15) is 5.75 Å². The molecule has 21 heavy (non-hydrogen) atoms. The highest BCUT2D eigenvalue weighted by atomic mass is 35.5. The van der Waals surface area contributed by atoms with Gasteiger partial charge in [-0.3, -0.25) is 4.79 Å². The van der Waals surface area contributed by atoms with Gasteiger partial charge in [-0.1, -0.05) is 11.6 Å². The molecule has 0 radical (unpaired) electrons. The van der Waals surface area contributed by atoms with Gasteiger partial charge in [0, 0.05) is 37.3 Å². The van der Waals surface area contributed by atoms with E-state index in [1.807, 2.05) is 19.1 Å². The van der Waals surface area contributed by atoms with E-state index in [4.69, 9.17) is 21.1 Å². The molecule has 0 aliphatic heterocycles. The Hall–Kier alpha value is -1.30. The maximum Gasteiger partial charge on any atom is 0.223 e. The smallest absolute Gasteiger partial charge is 0.223 e. The van der Waals surface area contributed by atoms with Crippen molar-refractivity contribution < 1.29 is 14.3 Å². The summed E-state index contributed by atoms with van der Waals surface area (Å²) >= 11 is 6.01. The first kappa shape index (κ1) is 17.8. The van der Waals surface area contributed by atoms with Crippen LogP contribution >= 0.6 is 11.6 Å². The lowest BCUT2D eigenvalue weighted by molar-refractivity contribution is -0.121. The third kappa shape index (κ3) is 7.32. The number of carbonyl (C=O) groups is 1. The van der Waals surface area contributed by atoms with Crippen LogP contribution in [0, 0.1) is 0 Å². The van der Waals surface area contributed by atoms with Crippen LogP contribution < -0.4 is 15.4 Å². The van der Waals surface area contributed by atoms with Gasteiger partial charge >= 0.3 is 0 Å². The Labute approximate surface area is 131 Å². The summed E-state index contributed by atoms with van der Waals surface area (Å²) in [7, 11) is 1.66. The number of amides is 1. The van der Waals surface area contributed by atoms with Crippen molar-refractivity contribution in [3.05, 3.63) is 28.8 Å². The Morgan fingerprint density at radius 2 is 2.14 bits per heavy atom. The molecule has 118 valence electrons. The summed E-state index contributed by atoms with van der Waals surface area (Å²) in [5, 5.41) is 6.65. The highest BCUT2D eigenvalue weighted by Crippen LogP contribution is 2.23. The van der Waals surface area contributed by atoms with Crippen LogP contribution in [0.3, 0.4) is 0 Å². The number of rotatable bonds is 10. The summed E-state index contributed by atoms with van der Waals surface area (Å²) in [5.74, 6) is 0.736. The summed E-state index contributed by atoms with van der Waals surface area (Å²) in [6.07, 6.45) is 0.340. The molecule has 1 rings (SSSR count). The van der Waals surface area contributed by atoms with E-state index in [1.165, 1.54) is 0 Å². The van der Waals surface area contributed by atoms with Crippen molar-refractivity contribution in [2.45, 2.75) is 19.9 Å². The van der Waals surface area contributed by atoms with Crippen LogP contribution in [0.15, 0.2) is 18.2 Å². The second kappa shape index (κ2) is 10.4. The van der Waals surface area contributed by atoms with Gasteiger partial charge in [-0.15, -0.1) is 0 Å². The van der Waals surface area contributed by atoms with Crippen LogP contribution in [0.4, 0.5) is 0 Å². The molecule has 0 saturated carbocycles. The van der Waals surface area contributed by atoms with Crippen molar-refractivity contribution in [1.29, 1.82) is 0 Å². The summed E-state index contributed by atoms with van der Waals surface area (Å²) in [4.78, 5) is 11.4. The van der Waals surface area contributed by atoms with E-state index >= 15 is 0 Å². The van der Waals surface area contributed by atoms with E-state index < -0.39 is 0 Å². The van der Waals surface area contributed by atoms with Gasteiger partial charge in [-0.25, -0.2) is 0 Å². The van der Waals surface area contributed by atoms with Crippen LogP contribution in [-0.2, 0) is 16.1 Å². The molecule has 0 bridgehead atoms. The fourth-order valence-electron chi connectivity index (χ4n) is 1.76. The van der Waals surface area contributed by atoms with Gasteiger partial charge in [-0.05, 0) is 25.1 Å². The molecule has 0 aliphatic rings. The van der Waals surface area contributed by atoms with E-state index in [1.54, 1.807) is 13.2 Å².